The number of unbranched alkanes of at least 4 members (excludes halogenated alkanes) is 1. The minimum absolute atomic E-state index is 0.294. The van der Waals surface area contributed by atoms with Crippen LogP contribution in [0.4, 0.5) is 0 Å². The van der Waals surface area contributed by atoms with E-state index in [9.17, 15) is 4.79 Å². The van der Waals surface area contributed by atoms with Gasteiger partial charge in [0, 0.05) is 0 Å². The molecule has 2 unspecified atom stereocenters. The molecule has 1 aliphatic heterocycles. The van der Waals surface area contributed by atoms with Crippen LogP contribution in [-0.2, 0) is 9.53 Å². The molecule has 0 aromatic heterocycles. The van der Waals surface area contributed by atoms with Crippen LogP contribution in [0.1, 0.15) is 26.2 Å². The van der Waals surface area contributed by atoms with Crippen molar-refractivity contribution >= 4 is 6.29 Å². The Morgan fingerprint density at radius 3 is 2.85 bits per heavy atom. The van der Waals surface area contributed by atoms with Gasteiger partial charge in [0.15, 0.2) is 0 Å². The lowest BCUT2D eigenvalue weighted by atomic mass is 10.1. The van der Waals surface area contributed by atoms with Crippen LogP contribution in [0, 0.1) is 0 Å². The van der Waals surface area contributed by atoms with E-state index in [1.54, 1.807) is 6.08 Å². The van der Waals surface area contributed by atoms with Crippen LogP contribution >= 0.6 is 0 Å². The molecule has 13 heavy (non-hydrogen) atoms. The largest absolute Gasteiger partial charge is 0.365 e. The molecule has 0 saturated carbocycles. The number of ether oxygens (including phenoxy) is 1. The number of aldehydes is 1. The van der Waals surface area contributed by atoms with E-state index in [1.165, 1.54) is 18.9 Å². The highest BCUT2D eigenvalue weighted by Crippen LogP contribution is 2.27. The average Bonchev–Trinajstić information content (AvgIpc) is 2.88. The molecule has 0 aromatic rings. The first kappa shape index (κ1) is 10.2. The summed E-state index contributed by atoms with van der Waals surface area (Å²) < 4.78 is 5.39. The minimum atomic E-state index is 0.294. The van der Waals surface area contributed by atoms with Gasteiger partial charge in [-0.25, -0.2) is 0 Å². The summed E-state index contributed by atoms with van der Waals surface area (Å²) in [6, 6.07) is 0. The molecule has 0 aromatic carbocycles. The Labute approximate surface area is 79.3 Å². The molecule has 1 aliphatic rings. The summed E-state index contributed by atoms with van der Waals surface area (Å²) in [5.74, 6) is 0. The maximum atomic E-state index is 9.92. The maximum absolute atomic E-state index is 9.92. The van der Waals surface area contributed by atoms with Crippen LogP contribution in [0.2, 0.25) is 0 Å². The normalized spacial score (nSPS) is 27.2. The summed E-state index contributed by atoms with van der Waals surface area (Å²) in [5, 5.41) is 0. The SMILES string of the molecule is CCCCC1OC1C=C/C=C/C=O. The minimum Gasteiger partial charge on any atom is -0.365 e. The van der Waals surface area contributed by atoms with Crippen molar-refractivity contribution in [1.29, 1.82) is 0 Å². The number of allylic oxidation sites excluding steroid dienone is 3. The molecule has 0 bridgehead atoms. The van der Waals surface area contributed by atoms with E-state index < -0.39 is 0 Å². The molecule has 1 heterocycles. The molecular weight excluding hydrogens is 164 g/mol. The zero-order chi connectivity index (χ0) is 9.52. The van der Waals surface area contributed by atoms with Gasteiger partial charge in [0.1, 0.15) is 12.4 Å². The molecule has 0 N–H and O–H groups in total. The van der Waals surface area contributed by atoms with Gasteiger partial charge < -0.3 is 4.74 Å². The Bertz CT molecular complexity index is 206. The number of hydrogen-bond acceptors (Lipinski definition) is 2. The van der Waals surface area contributed by atoms with Gasteiger partial charge in [-0.3, -0.25) is 4.79 Å². The molecule has 72 valence electrons. The molecule has 1 fully saturated rings. The molecule has 2 atom stereocenters. The fourth-order valence-electron chi connectivity index (χ4n) is 1.25. The topological polar surface area (TPSA) is 29.6 Å². The van der Waals surface area contributed by atoms with Gasteiger partial charge in [-0.1, -0.05) is 38.0 Å². The van der Waals surface area contributed by atoms with E-state index in [-0.39, 0.29) is 0 Å². The second-order valence-corrected chi connectivity index (χ2v) is 3.19. The van der Waals surface area contributed by atoms with E-state index in [0.717, 1.165) is 12.7 Å². The summed E-state index contributed by atoms with van der Waals surface area (Å²) in [6.07, 6.45) is 12.2. The predicted molar refractivity (Wildman–Crippen MR) is 52.5 cm³/mol. The Hall–Kier alpha value is -0.890. The summed E-state index contributed by atoms with van der Waals surface area (Å²) >= 11 is 0. The second-order valence-electron chi connectivity index (χ2n) is 3.19. The Morgan fingerprint density at radius 1 is 1.31 bits per heavy atom. The summed E-state index contributed by atoms with van der Waals surface area (Å²) in [7, 11) is 0. The number of rotatable bonds is 6. The predicted octanol–water partition coefficient (Wildman–Crippen LogP) is 2.26. The summed E-state index contributed by atoms with van der Waals surface area (Å²) in [5.41, 5.74) is 0. The average molecular weight is 180 g/mol. The highest BCUT2D eigenvalue weighted by molar-refractivity contribution is 5.65. The number of hydrogen-bond donors (Lipinski definition) is 0. The quantitative estimate of drug-likeness (QED) is 0.271. The fraction of sp³-hybridized carbons (Fsp3) is 0.545. The van der Waals surface area contributed by atoms with Crippen LogP contribution in [0.5, 0.6) is 0 Å². The summed E-state index contributed by atoms with van der Waals surface area (Å²) in [6.45, 7) is 2.18. The van der Waals surface area contributed by atoms with Gasteiger partial charge in [0.2, 0.25) is 0 Å². The number of carbonyl (C=O) groups is 1. The highest BCUT2D eigenvalue weighted by Gasteiger charge is 2.34. The molecule has 1 rings (SSSR count). The first-order chi connectivity index (χ1) is 6.38. The lowest BCUT2D eigenvalue weighted by Gasteiger charge is -1.88. The van der Waals surface area contributed by atoms with Crippen molar-refractivity contribution in [1.82, 2.24) is 0 Å². The molecule has 0 radical (unpaired) electrons. The van der Waals surface area contributed by atoms with E-state index >= 15 is 0 Å². The van der Waals surface area contributed by atoms with Crippen molar-refractivity contribution in [3.63, 3.8) is 0 Å². The Kier molecular flexibility index (Phi) is 4.47. The van der Waals surface area contributed by atoms with Crippen molar-refractivity contribution in [2.75, 3.05) is 0 Å². The van der Waals surface area contributed by atoms with Crippen molar-refractivity contribution in [3.8, 4) is 0 Å². The van der Waals surface area contributed by atoms with Crippen LogP contribution < -0.4 is 0 Å². The maximum Gasteiger partial charge on any atom is 0.142 e. The third-order valence-corrected chi connectivity index (χ3v) is 2.07. The smallest absolute Gasteiger partial charge is 0.142 e. The van der Waals surface area contributed by atoms with Crippen LogP contribution in [0.3, 0.4) is 0 Å². The van der Waals surface area contributed by atoms with Crippen molar-refractivity contribution < 1.29 is 9.53 Å². The summed E-state index contributed by atoms with van der Waals surface area (Å²) in [4.78, 5) is 9.92. The first-order valence-corrected chi connectivity index (χ1v) is 4.82. The van der Waals surface area contributed by atoms with E-state index in [2.05, 4.69) is 6.92 Å². The Balaban J connectivity index is 2.09. The molecule has 2 heteroatoms. The zero-order valence-corrected chi connectivity index (χ0v) is 7.98. The first-order valence-electron chi connectivity index (χ1n) is 4.82. The van der Waals surface area contributed by atoms with Crippen molar-refractivity contribution in [2.24, 2.45) is 0 Å². The monoisotopic (exact) mass is 180 g/mol. The van der Waals surface area contributed by atoms with Gasteiger partial charge in [0.25, 0.3) is 0 Å². The number of epoxide rings is 1. The van der Waals surface area contributed by atoms with E-state index in [4.69, 9.17) is 4.74 Å². The van der Waals surface area contributed by atoms with Crippen LogP contribution in [0.25, 0.3) is 0 Å². The zero-order valence-electron chi connectivity index (χ0n) is 7.98. The molecule has 2 nitrogen and oxygen atoms in total. The lowest BCUT2D eigenvalue weighted by Crippen LogP contribution is -1.89. The van der Waals surface area contributed by atoms with Crippen molar-refractivity contribution in [3.05, 3.63) is 24.3 Å². The molecular formula is C11H16O2. The standard InChI is InChI=1S/C11H16O2/c1-2-3-7-10-11(13-10)8-5-4-6-9-12/h4-6,8-11H,2-3,7H2,1H3/b6-4+,8-5?. The molecule has 1 saturated heterocycles. The van der Waals surface area contributed by atoms with Crippen LogP contribution in [0.15, 0.2) is 24.3 Å². The number of carbonyl (C=O) groups excluding carboxylic acids is 1. The Morgan fingerprint density at radius 2 is 2.15 bits per heavy atom. The third kappa shape index (κ3) is 4.04. The molecule has 0 aliphatic carbocycles. The van der Waals surface area contributed by atoms with Gasteiger partial charge in [-0.15, -0.1) is 0 Å². The van der Waals surface area contributed by atoms with Crippen LogP contribution in [-0.4, -0.2) is 18.5 Å². The lowest BCUT2D eigenvalue weighted by molar-refractivity contribution is -0.104. The van der Waals surface area contributed by atoms with Gasteiger partial charge >= 0.3 is 0 Å². The van der Waals surface area contributed by atoms with E-state index in [1.807, 2.05) is 12.2 Å². The second kappa shape index (κ2) is 5.70. The van der Waals surface area contributed by atoms with Gasteiger partial charge in [-0.2, -0.15) is 0 Å². The fourth-order valence-corrected chi connectivity index (χ4v) is 1.25. The molecule has 0 amide bonds. The third-order valence-electron chi connectivity index (χ3n) is 2.07. The van der Waals surface area contributed by atoms with Gasteiger partial charge in [-0.05, 0) is 12.5 Å². The molecule has 0 spiro atoms. The van der Waals surface area contributed by atoms with Crippen molar-refractivity contribution in [2.45, 2.75) is 38.4 Å². The highest BCUT2D eigenvalue weighted by atomic mass is 16.6. The van der Waals surface area contributed by atoms with Gasteiger partial charge in [0.05, 0.1) is 6.10 Å². The van der Waals surface area contributed by atoms with E-state index in [0.29, 0.717) is 12.2 Å².